The standard InChI is InChI=1S/C35H59N2O5.BrH/c1-6-31(38)41-30-21-24-11-12-25-26(35(24,4)23-28(30)36-15-19-40-20-16-36)13-14-34(3)27(25)22-29(33(34)42-32(39)7-2)37(5)17-9-8-10-18-37;/h24-30,33H,6-23H2,1-5H3;1H/q+1;/p-1/t24-,25+,26-,27-,28+,29-,30-,33-,34-,35-;/m0./s1. The smallest absolute Gasteiger partial charge is 0.306 e. The van der Waals surface area contributed by atoms with Crippen molar-refractivity contribution in [3.8, 4) is 0 Å². The fourth-order valence-corrected chi connectivity index (χ4v) is 11.5. The van der Waals surface area contributed by atoms with E-state index in [-0.39, 0.29) is 58.0 Å². The molecule has 246 valence electrons. The van der Waals surface area contributed by atoms with Gasteiger partial charge in [0.25, 0.3) is 0 Å². The first kappa shape index (κ1) is 33.7. The molecule has 2 saturated heterocycles. The van der Waals surface area contributed by atoms with Gasteiger partial charge in [0.2, 0.25) is 0 Å². The number of hydrogen-bond acceptors (Lipinski definition) is 6. The van der Waals surface area contributed by atoms with Gasteiger partial charge >= 0.3 is 11.9 Å². The molecule has 0 amide bonds. The molecule has 0 aromatic heterocycles. The van der Waals surface area contributed by atoms with Gasteiger partial charge < -0.3 is 35.7 Å². The molecule has 4 aliphatic carbocycles. The number of nitrogens with zero attached hydrogens (tertiary/aromatic N) is 2. The third-order valence-corrected chi connectivity index (χ3v) is 13.9. The molecular formula is C35H59BrN2O5. The molecule has 7 nitrogen and oxygen atoms in total. The van der Waals surface area contributed by atoms with Crippen LogP contribution in [-0.4, -0.2) is 92.1 Å². The first-order chi connectivity index (χ1) is 20.1. The number of halogens is 1. The molecule has 2 aliphatic heterocycles. The summed E-state index contributed by atoms with van der Waals surface area (Å²) in [4.78, 5) is 28.0. The van der Waals surface area contributed by atoms with E-state index in [0.29, 0.717) is 42.6 Å². The topological polar surface area (TPSA) is 65.1 Å². The number of carbonyl (C=O) groups excluding carboxylic acids is 2. The van der Waals surface area contributed by atoms with E-state index >= 15 is 0 Å². The molecule has 0 spiro atoms. The minimum Gasteiger partial charge on any atom is -1.00 e. The van der Waals surface area contributed by atoms with Gasteiger partial charge in [0.15, 0.2) is 6.10 Å². The van der Waals surface area contributed by atoms with Crippen LogP contribution in [0.5, 0.6) is 0 Å². The molecule has 6 rings (SSSR count). The molecule has 0 unspecified atom stereocenters. The van der Waals surface area contributed by atoms with Gasteiger partial charge in [-0.05, 0) is 86.9 Å². The number of quaternary nitrogens is 1. The molecule has 43 heavy (non-hydrogen) atoms. The number of rotatable bonds is 6. The quantitative estimate of drug-likeness (QED) is 0.321. The summed E-state index contributed by atoms with van der Waals surface area (Å²) in [7, 11) is 2.47. The lowest BCUT2D eigenvalue weighted by Gasteiger charge is -2.62. The molecule has 0 radical (unpaired) electrons. The minimum atomic E-state index is -0.0528. The summed E-state index contributed by atoms with van der Waals surface area (Å²) in [5.74, 6) is 2.53. The Kier molecular flexibility index (Phi) is 10.3. The fraction of sp³-hybridized carbons (Fsp3) is 0.943. The Morgan fingerprint density at radius 1 is 0.884 bits per heavy atom. The number of piperidine rings is 1. The largest absolute Gasteiger partial charge is 1.00 e. The Labute approximate surface area is 271 Å². The van der Waals surface area contributed by atoms with E-state index < -0.39 is 0 Å². The SMILES string of the molecule is CCC(=O)O[C@H]1C[C@@H]2CC[C@@H]3[C@H](CC[C@@]4(C)[C@H]3C[C@H]([N+]3(C)CCCCC3)[C@@H]4OC(=O)CC)[C@@]2(C)C[C@H]1N1CCOCC1.[Br-]. The van der Waals surface area contributed by atoms with E-state index in [1.165, 1.54) is 58.0 Å². The molecule has 4 saturated carbocycles. The molecule has 0 aromatic rings. The van der Waals surface area contributed by atoms with Gasteiger partial charge in [-0.2, -0.15) is 0 Å². The zero-order valence-corrected chi connectivity index (χ0v) is 29.2. The first-order valence-electron chi connectivity index (χ1n) is 17.7. The predicted molar refractivity (Wildman–Crippen MR) is 163 cm³/mol. The maximum absolute atomic E-state index is 12.9. The van der Waals surface area contributed by atoms with Crippen LogP contribution in [0.25, 0.3) is 0 Å². The first-order valence-corrected chi connectivity index (χ1v) is 17.7. The average Bonchev–Trinajstić information content (AvgIpc) is 3.30. The van der Waals surface area contributed by atoms with Crippen molar-refractivity contribution in [2.24, 2.45) is 34.5 Å². The summed E-state index contributed by atoms with van der Waals surface area (Å²) in [6, 6.07) is 0.704. The van der Waals surface area contributed by atoms with Gasteiger partial charge in [0.1, 0.15) is 12.1 Å². The number of likely N-dealkylation sites (tertiary alicyclic amines) is 1. The van der Waals surface area contributed by atoms with Crippen molar-refractivity contribution in [1.82, 2.24) is 4.90 Å². The number of esters is 2. The van der Waals surface area contributed by atoms with Crippen molar-refractivity contribution in [1.29, 1.82) is 0 Å². The Morgan fingerprint density at radius 3 is 2.23 bits per heavy atom. The van der Waals surface area contributed by atoms with Crippen molar-refractivity contribution >= 4 is 11.9 Å². The number of morpholine rings is 1. The van der Waals surface area contributed by atoms with Crippen LogP contribution in [-0.2, 0) is 23.8 Å². The van der Waals surface area contributed by atoms with Crippen molar-refractivity contribution in [2.75, 3.05) is 46.4 Å². The van der Waals surface area contributed by atoms with Gasteiger partial charge in [-0.1, -0.05) is 27.7 Å². The van der Waals surface area contributed by atoms with Gasteiger partial charge in [0, 0.05) is 43.8 Å². The normalized spacial score (nSPS) is 44.2. The lowest BCUT2D eigenvalue weighted by molar-refractivity contribution is -0.940. The summed E-state index contributed by atoms with van der Waals surface area (Å²) >= 11 is 0. The van der Waals surface area contributed by atoms with E-state index in [4.69, 9.17) is 14.2 Å². The van der Waals surface area contributed by atoms with Crippen LogP contribution in [0.3, 0.4) is 0 Å². The van der Waals surface area contributed by atoms with Crippen LogP contribution in [0.4, 0.5) is 0 Å². The fourth-order valence-electron chi connectivity index (χ4n) is 11.5. The number of ether oxygens (including phenoxy) is 3. The van der Waals surface area contributed by atoms with Crippen molar-refractivity contribution in [3.63, 3.8) is 0 Å². The highest BCUT2D eigenvalue weighted by atomic mass is 79.9. The number of carbonyl (C=O) groups is 2. The highest BCUT2D eigenvalue weighted by molar-refractivity contribution is 5.69. The third kappa shape index (κ3) is 5.98. The number of fused-ring (bicyclic) bond motifs is 5. The zero-order valence-electron chi connectivity index (χ0n) is 27.7. The maximum atomic E-state index is 12.9. The van der Waals surface area contributed by atoms with Gasteiger partial charge in [-0.25, -0.2) is 0 Å². The summed E-state index contributed by atoms with van der Waals surface area (Å²) in [5.41, 5.74) is 0.315. The maximum Gasteiger partial charge on any atom is 0.306 e. The van der Waals surface area contributed by atoms with E-state index in [1.807, 2.05) is 13.8 Å². The summed E-state index contributed by atoms with van der Waals surface area (Å²) in [5, 5.41) is 0. The Hall–Kier alpha value is -0.700. The molecular weight excluding hydrogens is 608 g/mol. The second-order valence-electron chi connectivity index (χ2n) is 15.8. The van der Waals surface area contributed by atoms with Crippen molar-refractivity contribution < 1.29 is 45.3 Å². The minimum absolute atomic E-state index is 0. The predicted octanol–water partition coefficient (Wildman–Crippen LogP) is 2.60. The van der Waals surface area contributed by atoms with Crippen LogP contribution in [0.2, 0.25) is 0 Å². The van der Waals surface area contributed by atoms with E-state index in [0.717, 1.165) is 50.0 Å². The van der Waals surface area contributed by atoms with Crippen LogP contribution in [0.15, 0.2) is 0 Å². The van der Waals surface area contributed by atoms with Gasteiger partial charge in [-0.3, -0.25) is 14.5 Å². The summed E-state index contributed by atoms with van der Waals surface area (Å²) in [6.07, 6.45) is 13.1. The van der Waals surface area contributed by atoms with Crippen LogP contribution >= 0.6 is 0 Å². The van der Waals surface area contributed by atoms with Crippen LogP contribution in [0.1, 0.15) is 105 Å². The number of likely N-dealkylation sites (N-methyl/N-ethyl adjacent to an activating group) is 1. The second-order valence-corrected chi connectivity index (χ2v) is 15.8. The third-order valence-electron chi connectivity index (χ3n) is 13.9. The van der Waals surface area contributed by atoms with Crippen molar-refractivity contribution in [2.45, 2.75) is 129 Å². The molecule has 6 fully saturated rings. The van der Waals surface area contributed by atoms with E-state index in [2.05, 4.69) is 25.8 Å². The van der Waals surface area contributed by atoms with Gasteiger partial charge in [0.05, 0.1) is 33.4 Å². The van der Waals surface area contributed by atoms with Crippen molar-refractivity contribution in [3.05, 3.63) is 0 Å². The molecule has 0 N–H and O–H groups in total. The lowest BCUT2D eigenvalue weighted by Crippen LogP contribution is -3.00. The van der Waals surface area contributed by atoms with E-state index in [1.54, 1.807) is 0 Å². The number of hydrogen-bond donors (Lipinski definition) is 0. The molecule has 10 atom stereocenters. The highest BCUT2D eigenvalue weighted by Gasteiger charge is 2.67. The Morgan fingerprint density at radius 2 is 1.56 bits per heavy atom. The molecule has 6 aliphatic rings. The Balaban J connectivity index is 0.00000368. The Bertz CT molecular complexity index is 999. The molecule has 0 bridgehead atoms. The van der Waals surface area contributed by atoms with Crippen LogP contribution < -0.4 is 17.0 Å². The lowest BCUT2D eigenvalue weighted by atomic mass is 9.44. The molecule has 0 aromatic carbocycles. The highest BCUT2D eigenvalue weighted by Crippen LogP contribution is 2.67. The summed E-state index contributed by atoms with van der Waals surface area (Å²) in [6.45, 7) is 14.8. The second kappa shape index (κ2) is 13.2. The van der Waals surface area contributed by atoms with Crippen LogP contribution in [0, 0.1) is 34.5 Å². The van der Waals surface area contributed by atoms with E-state index in [9.17, 15) is 9.59 Å². The van der Waals surface area contributed by atoms with Gasteiger partial charge in [-0.15, -0.1) is 0 Å². The molecule has 2 heterocycles. The summed E-state index contributed by atoms with van der Waals surface area (Å²) < 4.78 is 19.5. The average molecular weight is 668 g/mol. The molecule has 8 heteroatoms. The zero-order chi connectivity index (χ0) is 29.7. The monoisotopic (exact) mass is 666 g/mol.